The van der Waals surface area contributed by atoms with Crippen LogP contribution in [-0.2, 0) is 4.79 Å². The number of aromatic nitrogens is 1. The van der Waals surface area contributed by atoms with E-state index in [9.17, 15) is 9.59 Å². The lowest BCUT2D eigenvalue weighted by Gasteiger charge is -2.17. The number of carboxylic acids is 1. The number of urea groups is 1. The van der Waals surface area contributed by atoms with Crippen LogP contribution in [0.5, 0.6) is 0 Å². The average molecular weight is 285 g/mol. The number of nitrogens with one attached hydrogen (secondary N) is 1. The van der Waals surface area contributed by atoms with Gasteiger partial charge in [0.15, 0.2) is 0 Å². The van der Waals surface area contributed by atoms with Crippen LogP contribution >= 0.6 is 0 Å². The Morgan fingerprint density at radius 1 is 1.29 bits per heavy atom. The molecule has 1 unspecified atom stereocenters. The van der Waals surface area contributed by atoms with E-state index in [4.69, 9.17) is 5.11 Å². The fraction of sp³-hybridized carbons (Fsp3) is 0.267. The van der Waals surface area contributed by atoms with E-state index in [0.29, 0.717) is 18.7 Å². The van der Waals surface area contributed by atoms with Gasteiger partial charge in [0.05, 0.1) is 5.92 Å². The van der Waals surface area contributed by atoms with E-state index in [1.165, 1.54) is 4.90 Å². The Balaban J connectivity index is 1.70. The second-order valence-corrected chi connectivity index (χ2v) is 5.14. The van der Waals surface area contributed by atoms with E-state index in [1.54, 1.807) is 12.4 Å². The monoisotopic (exact) mass is 285 g/mol. The highest BCUT2D eigenvalue weighted by Crippen LogP contribution is 2.20. The van der Waals surface area contributed by atoms with Gasteiger partial charge in [-0.3, -0.25) is 9.78 Å². The van der Waals surface area contributed by atoms with Gasteiger partial charge >= 0.3 is 12.0 Å². The minimum Gasteiger partial charge on any atom is -0.481 e. The lowest BCUT2D eigenvalue weighted by molar-refractivity contribution is -0.141. The summed E-state index contributed by atoms with van der Waals surface area (Å²) in [7, 11) is 0. The highest BCUT2D eigenvalue weighted by atomic mass is 16.4. The first kappa shape index (κ1) is 13.4. The predicted molar refractivity (Wildman–Crippen MR) is 78.1 cm³/mol. The molecule has 108 valence electrons. The lowest BCUT2D eigenvalue weighted by Crippen LogP contribution is -2.33. The fourth-order valence-corrected chi connectivity index (χ4v) is 2.51. The summed E-state index contributed by atoms with van der Waals surface area (Å²) >= 11 is 0. The van der Waals surface area contributed by atoms with Gasteiger partial charge in [-0.25, -0.2) is 4.79 Å². The molecule has 1 fully saturated rings. The summed E-state index contributed by atoms with van der Waals surface area (Å²) in [6.45, 7) is 0.735. The first-order chi connectivity index (χ1) is 10.1. The second-order valence-electron chi connectivity index (χ2n) is 5.14. The molecule has 21 heavy (non-hydrogen) atoms. The third kappa shape index (κ3) is 2.79. The number of carbonyl (C=O) groups is 2. The predicted octanol–water partition coefficient (Wildman–Crippen LogP) is 2.17. The van der Waals surface area contributed by atoms with Gasteiger partial charge in [-0.2, -0.15) is 0 Å². The largest absolute Gasteiger partial charge is 0.481 e. The van der Waals surface area contributed by atoms with Crippen LogP contribution in [0.25, 0.3) is 10.8 Å². The van der Waals surface area contributed by atoms with Crippen LogP contribution in [0.1, 0.15) is 6.42 Å². The van der Waals surface area contributed by atoms with E-state index < -0.39 is 11.9 Å². The molecule has 2 heterocycles. The third-order valence-electron chi connectivity index (χ3n) is 3.72. The van der Waals surface area contributed by atoms with Crippen molar-refractivity contribution in [2.45, 2.75) is 6.42 Å². The van der Waals surface area contributed by atoms with Crippen molar-refractivity contribution in [2.24, 2.45) is 5.92 Å². The van der Waals surface area contributed by atoms with Gasteiger partial charge in [-0.05, 0) is 30.0 Å². The second kappa shape index (κ2) is 5.40. The molecule has 1 aromatic carbocycles. The topological polar surface area (TPSA) is 82.5 Å². The zero-order valence-corrected chi connectivity index (χ0v) is 11.3. The number of nitrogens with zero attached hydrogens (tertiary/aromatic N) is 2. The molecule has 0 aliphatic carbocycles. The molecule has 1 aliphatic rings. The number of hydrogen-bond donors (Lipinski definition) is 2. The maximum atomic E-state index is 12.1. The van der Waals surface area contributed by atoms with Crippen LogP contribution < -0.4 is 5.32 Å². The fourth-order valence-electron chi connectivity index (χ4n) is 2.51. The molecule has 1 saturated heterocycles. The molecule has 0 radical (unpaired) electrons. The summed E-state index contributed by atoms with van der Waals surface area (Å²) in [5.41, 5.74) is 0.692. The molecule has 3 rings (SSSR count). The van der Waals surface area contributed by atoms with E-state index in [-0.39, 0.29) is 12.6 Å². The maximum Gasteiger partial charge on any atom is 0.321 e. The lowest BCUT2D eigenvalue weighted by atomic mass is 10.1. The summed E-state index contributed by atoms with van der Waals surface area (Å²) in [5.74, 6) is -1.30. The normalized spacial score (nSPS) is 17.9. The van der Waals surface area contributed by atoms with E-state index >= 15 is 0 Å². The molecule has 0 bridgehead atoms. The number of pyridine rings is 1. The Kier molecular flexibility index (Phi) is 3.43. The SMILES string of the molecule is O=C(O)C1CCN(C(=O)Nc2ccc3cnccc3c2)C1. The Hall–Kier alpha value is -2.63. The van der Waals surface area contributed by atoms with Crippen molar-refractivity contribution in [1.82, 2.24) is 9.88 Å². The van der Waals surface area contributed by atoms with Crippen LogP contribution in [0.3, 0.4) is 0 Å². The number of fused-ring (bicyclic) bond motifs is 1. The number of hydrogen-bond acceptors (Lipinski definition) is 3. The summed E-state index contributed by atoms with van der Waals surface area (Å²) in [6.07, 6.45) is 3.97. The van der Waals surface area contributed by atoms with Gasteiger partial charge in [-0.15, -0.1) is 0 Å². The first-order valence-corrected chi connectivity index (χ1v) is 6.76. The molecule has 6 heteroatoms. The standard InChI is InChI=1S/C15H15N3O3/c19-14(20)12-4-6-18(9-12)15(21)17-13-2-1-11-8-16-5-3-10(11)7-13/h1-3,5,7-8,12H,4,6,9H2,(H,17,21)(H,19,20). The Labute approximate surface area is 121 Å². The van der Waals surface area contributed by atoms with E-state index in [1.807, 2.05) is 24.3 Å². The van der Waals surface area contributed by atoms with Crippen LogP contribution in [0.15, 0.2) is 36.7 Å². The van der Waals surface area contributed by atoms with Crippen molar-refractivity contribution < 1.29 is 14.7 Å². The zero-order chi connectivity index (χ0) is 14.8. The Bertz CT molecular complexity index is 701. The quantitative estimate of drug-likeness (QED) is 0.886. The number of rotatable bonds is 2. The van der Waals surface area contributed by atoms with Gasteiger partial charge < -0.3 is 15.3 Å². The number of carbonyl (C=O) groups excluding carboxylic acids is 1. The molecular weight excluding hydrogens is 270 g/mol. The summed E-state index contributed by atoms with van der Waals surface area (Å²) in [6, 6.07) is 7.20. The summed E-state index contributed by atoms with van der Waals surface area (Å²) in [5, 5.41) is 13.8. The van der Waals surface area contributed by atoms with E-state index in [0.717, 1.165) is 10.8 Å². The highest BCUT2D eigenvalue weighted by Gasteiger charge is 2.30. The van der Waals surface area contributed by atoms with Crippen molar-refractivity contribution in [3.63, 3.8) is 0 Å². The molecule has 2 aromatic rings. The highest BCUT2D eigenvalue weighted by molar-refractivity contribution is 5.93. The minimum atomic E-state index is -0.844. The summed E-state index contributed by atoms with van der Waals surface area (Å²) < 4.78 is 0. The van der Waals surface area contributed by atoms with Crippen molar-refractivity contribution in [3.8, 4) is 0 Å². The molecule has 1 aromatic heterocycles. The summed E-state index contributed by atoms with van der Waals surface area (Å²) in [4.78, 5) is 28.6. The van der Waals surface area contributed by atoms with Crippen molar-refractivity contribution in [1.29, 1.82) is 0 Å². The Morgan fingerprint density at radius 3 is 2.90 bits per heavy atom. The van der Waals surface area contributed by atoms with Crippen molar-refractivity contribution >= 4 is 28.5 Å². The number of benzene rings is 1. The van der Waals surface area contributed by atoms with E-state index in [2.05, 4.69) is 10.3 Å². The van der Waals surface area contributed by atoms with Gasteiger partial charge in [0.1, 0.15) is 0 Å². The third-order valence-corrected chi connectivity index (χ3v) is 3.72. The molecule has 2 amide bonds. The van der Waals surface area contributed by atoms with Gasteiger partial charge in [0.25, 0.3) is 0 Å². The number of carboxylic acid groups (broad SMARTS) is 1. The van der Waals surface area contributed by atoms with Crippen LogP contribution in [0.2, 0.25) is 0 Å². The van der Waals surface area contributed by atoms with Crippen LogP contribution in [0.4, 0.5) is 10.5 Å². The number of likely N-dealkylation sites (tertiary alicyclic amines) is 1. The molecule has 0 saturated carbocycles. The van der Waals surface area contributed by atoms with Gasteiger partial charge in [0, 0.05) is 36.6 Å². The molecule has 2 N–H and O–H groups in total. The first-order valence-electron chi connectivity index (χ1n) is 6.76. The van der Waals surface area contributed by atoms with Crippen LogP contribution in [-0.4, -0.2) is 40.1 Å². The molecule has 1 atom stereocenters. The van der Waals surface area contributed by atoms with Crippen molar-refractivity contribution in [3.05, 3.63) is 36.7 Å². The Morgan fingerprint density at radius 2 is 2.14 bits per heavy atom. The number of anilines is 1. The maximum absolute atomic E-state index is 12.1. The van der Waals surface area contributed by atoms with Gasteiger partial charge in [-0.1, -0.05) is 6.07 Å². The molecule has 6 nitrogen and oxygen atoms in total. The number of aliphatic carboxylic acids is 1. The smallest absolute Gasteiger partial charge is 0.321 e. The molecular formula is C15H15N3O3. The zero-order valence-electron chi connectivity index (χ0n) is 11.3. The molecule has 1 aliphatic heterocycles. The van der Waals surface area contributed by atoms with Gasteiger partial charge in [0.2, 0.25) is 0 Å². The average Bonchev–Trinajstić information content (AvgIpc) is 2.97. The van der Waals surface area contributed by atoms with Crippen molar-refractivity contribution in [2.75, 3.05) is 18.4 Å². The van der Waals surface area contributed by atoms with Crippen LogP contribution in [0, 0.1) is 5.92 Å². The molecule has 0 spiro atoms. The number of amides is 2. The minimum absolute atomic E-state index is 0.257.